The fraction of sp³-hybridized carbons (Fsp3) is 1.00. The fourth-order valence-corrected chi connectivity index (χ4v) is 2.41. The maximum absolute atomic E-state index is 3.64. The van der Waals surface area contributed by atoms with Gasteiger partial charge >= 0.3 is 0 Å². The van der Waals surface area contributed by atoms with E-state index in [1.165, 1.54) is 58.3 Å². The first-order valence-corrected chi connectivity index (χ1v) is 7.14. The Labute approximate surface area is 102 Å². The second-order valence-corrected chi connectivity index (χ2v) is 5.73. The third-order valence-electron chi connectivity index (χ3n) is 3.54. The SMILES string of the molecule is CC(C)CCCC(C)NCCN1CCCC1. The normalized spacial score (nSPS) is 19.5. The molecule has 1 atom stereocenters. The van der Waals surface area contributed by atoms with E-state index in [9.17, 15) is 0 Å². The Morgan fingerprint density at radius 1 is 1.06 bits per heavy atom. The number of hydrogen-bond acceptors (Lipinski definition) is 2. The van der Waals surface area contributed by atoms with E-state index < -0.39 is 0 Å². The quantitative estimate of drug-likeness (QED) is 0.684. The van der Waals surface area contributed by atoms with Crippen LogP contribution in [0.25, 0.3) is 0 Å². The molecule has 0 aromatic heterocycles. The summed E-state index contributed by atoms with van der Waals surface area (Å²) < 4.78 is 0. The van der Waals surface area contributed by atoms with Gasteiger partial charge in [0, 0.05) is 19.1 Å². The van der Waals surface area contributed by atoms with Gasteiger partial charge in [-0.15, -0.1) is 0 Å². The summed E-state index contributed by atoms with van der Waals surface area (Å²) in [4.78, 5) is 2.58. The van der Waals surface area contributed by atoms with E-state index in [0.29, 0.717) is 6.04 Å². The summed E-state index contributed by atoms with van der Waals surface area (Å²) in [5, 5.41) is 3.64. The molecule has 0 aromatic rings. The van der Waals surface area contributed by atoms with Crippen molar-refractivity contribution in [3.8, 4) is 0 Å². The van der Waals surface area contributed by atoms with Crippen molar-refractivity contribution in [2.24, 2.45) is 5.92 Å². The highest BCUT2D eigenvalue weighted by molar-refractivity contribution is 4.68. The highest BCUT2D eigenvalue weighted by Crippen LogP contribution is 2.08. The van der Waals surface area contributed by atoms with Crippen LogP contribution in [-0.2, 0) is 0 Å². The van der Waals surface area contributed by atoms with E-state index in [2.05, 4.69) is 31.0 Å². The van der Waals surface area contributed by atoms with Crippen LogP contribution in [0, 0.1) is 5.92 Å². The summed E-state index contributed by atoms with van der Waals surface area (Å²) in [5.74, 6) is 0.858. The molecular formula is C14H30N2. The highest BCUT2D eigenvalue weighted by atomic mass is 15.1. The van der Waals surface area contributed by atoms with Crippen LogP contribution >= 0.6 is 0 Å². The molecule has 1 fully saturated rings. The van der Waals surface area contributed by atoms with Gasteiger partial charge in [-0.3, -0.25) is 0 Å². The van der Waals surface area contributed by atoms with Crippen molar-refractivity contribution in [2.75, 3.05) is 26.2 Å². The molecule has 1 heterocycles. The summed E-state index contributed by atoms with van der Waals surface area (Å²) in [5.41, 5.74) is 0. The summed E-state index contributed by atoms with van der Waals surface area (Å²) in [6.45, 7) is 12.0. The zero-order valence-electron chi connectivity index (χ0n) is 11.5. The molecule has 1 aliphatic rings. The van der Waals surface area contributed by atoms with Crippen molar-refractivity contribution < 1.29 is 0 Å². The molecule has 0 aliphatic carbocycles. The Balaban J connectivity index is 1.91. The first-order chi connectivity index (χ1) is 7.68. The van der Waals surface area contributed by atoms with Crippen molar-refractivity contribution in [3.63, 3.8) is 0 Å². The molecule has 2 heteroatoms. The lowest BCUT2D eigenvalue weighted by atomic mass is 10.0. The number of rotatable bonds is 8. The van der Waals surface area contributed by atoms with Crippen LogP contribution < -0.4 is 5.32 Å². The van der Waals surface area contributed by atoms with E-state index in [4.69, 9.17) is 0 Å². The van der Waals surface area contributed by atoms with Crippen LogP contribution in [0.1, 0.15) is 52.9 Å². The Morgan fingerprint density at radius 2 is 1.75 bits per heavy atom. The molecule has 1 saturated heterocycles. The molecular weight excluding hydrogens is 196 g/mol. The minimum atomic E-state index is 0.696. The summed E-state index contributed by atoms with van der Waals surface area (Å²) in [7, 11) is 0. The van der Waals surface area contributed by atoms with E-state index >= 15 is 0 Å². The number of nitrogens with one attached hydrogen (secondary N) is 1. The second kappa shape index (κ2) is 8.08. The van der Waals surface area contributed by atoms with Gasteiger partial charge in [-0.25, -0.2) is 0 Å². The van der Waals surface area contributed by atoms with Gasteiger partial charge in [-0.1, -0.05) is 26.7 Å². The van der Waals surface area contributed by atoms with Crippen LogP contribution in [0.2, 0.25) is 0 Å². The maximum Gasteiger partial charge on any atom is 0.0107 e. The molecule has 0 amide bonds. The predicted molar refractivity (Wildman–Crippen MR) is 71.8 cm³/mol. The number of likely N-dealkylation sites (tertiary alicyclic amines) is 1. The second-order valence-electron chi connectivity index (χ2n) is 5.73. The van der Waals surface area contributed by atoms with Crippen molar-refractivity contribution in [3.05, 3.63) is 0 Å². The minimum Gasteiger partial charge on any atom is -0.313 e. The fourth-order valence-electron chi connectivity index (χ4n) is 2.41. The average molecular weight is 226 g/mol. The van der Waals surface area contributed by atoms with E-state index in [-0.39, 0.29) is 0 Å². The van der Waals surface area contributed by atoms with Gasteiger partial charge in [0.2, 0.25) is 0 Å². The monoisotopic (exact) mass is 226 g/mol. The average Bonchev–Trinajstić information content (AvgIpc) is 2.70. The topological polar surface area (TPSA) is 15.3 Å². The molecule has 16 heavy (non-hydrogen) atoms. The molecule has 0 spiro atoms. The van der Waals surface area contributed by atoms with E-state index in [1.54, 1.807) is 0 Å². The largest absolute Gasteiger partial charge is 0.313 e. The lowest BCUT2D eigenvalue weighted by Crippen LogP contribution is -2.34. The molecule has 0 radical (unpaired) electrons. The van der Waals surface area contributed by atoms with Crippen molar-refractivity contribution in [1.29, 1.82) is 0 Å². The van der Waals surface area contributed by atoms with Crippen molar-refractivity contribution >= 4 is 0 Å². The number of hydrogen-bond donors (Lipinski definition) is 1. The standard InChI is InChI=1S/C14H30N2/c1-13(2)7-6-8-14(3)15-9-12-16-10-4-5-11-16/h13-15H,4-12H2,1-3H3. The third kappa shape index (κ3) is 6.49. The number of nitrogens with zero attached hydrogens (tertiary/aromatic N) is 1. The molecule has 0 bridgehead atoms. The highest BCUT2D eigenvalue weighted by Gasteiger charge is 2.10. The molecule has 96 valence electrons. The summed E-state index contributed by atoms with van der Waals surface area (Å²) in [6.07, 6.45) is 6.89. The Bertz CT molecular complexity index is 162. The van der Waals surface area contributed by atoms with E-state index in [0.717, 1.165) is 5.92 Å². The molecule has 1 rings (SSSR count). The Morgan fingerprint density at radius 3 is 2.38 bits per heavy atom. The van der Waals surface area contributed by atoms with Gasteiger partial charge in [0.1, 0.15) is 0 Å². The van der Waals surface area contributed by atoms with Crippen LogP contribution in [0.15, 0.2) is 0 Å². The molecule has 1 aliphatic heterocycles. The summed E-state index contributed by atoms with van der Waals surface area (Å²) >= 11 is 0. The maximum atomic E-state index is 3.64. The van der Waals surface area contributed by atoms with Crippen molar-refractivity contribution in [2.45, 2.75) is 58.9 Å². The van der Waals surface area contributed by atoms with Crippen LogP contribution in [-0.4, -0.2) is 37.1 Å². The van der Waals surface area contributed by atoms with Gasteiger partial charge in [-0.2, -0.15) is 0 Å². The smallest absolute Gasteiger partial charge is 0.0107 e. The van der Waals surface area contributed by atoms with Crippen molar-refractivity contribution in [1.82, 2.24) is 10.2 Å². The lowest BCUT2D eigenvalue weighted by Gasteiger charge is -2.18. The third-order valence-corrected chi connectivity index (χ3v) is 3.54. The van der Waals surface area contributed by atoms with Crippen LogP contribution in [0.4, 0.5) is 0 Å². The van der Waals surface area contributed by atoms with E-state index in [1.807, 2.05) is 0 Å². The van der Waals surface area contributed by atoms with Gasteiger partial charge in [0.25, 0.3) is 0 Å². The van der Waals surface area contributed by atoms with Gasteiger partial charge < -0.3 is 10.2 Å². The van der Waals surface area contributed by atoms with Crippen LogP contribution in [0.3, 0.4) is 0 Å². The molecule has 0 aromatic carbocycles. The molecule has 0 saturated carbocycles. The molecule has 1 N–H and O–H groups in total. The Kier molecular flexibility index (Phi) is 7.06. The first kappa shape index (κ1) is 14.0. The predicted octanol–water partition coefficient (Wildman–Crippen LogP) is 2.89. The minimum absolute atomic E-state index is 0.696. The molecule has 2 nitrogen and oxygen atoms in total. The Hall–Kier alpha value is -0.0800. The van der Waals surface area contributed by atoms with Gasteiger partial charge in [0.05, 0.1) is 0 Å². The zero-order valence-corrected chi connectivity index (χ0v) is 11.5. The van der Waals surface area contributed by atoms with Gasteiger partial charge in [0.15, 0.2) is 0 Å². The van der Waals surface area contributed by atoms with Gasteiger partial charge in [-0.05, 0) is 45.2 Å². The zero-order chi connectivity index (χ0) is 11.8. The molecule has 1 unspecified atom stereocenters. The van der Waals surface area contributed by atoms with Crippen LogP contribution in [0.5, 0.6) is 0 Å². The lowest BCUT2D eigenvalue weighted by molar-refractivity contribution is 0.325. The first-order valence-electron chi connectivity index (χ1n) is 7.14. The summed E-state index contributed by atoms with van der Waals surface area (Å²) in [6, 6.07) is 0.696.